The van der Waals surface area contributed by atoms with Crippen molar-refractivity contribution in [1.29, 1.82) is 0 Å². The molecule has 3 N–H and O–H groups in total. The van der Waals surface area contributed by atoms with Crippen LogP contribution in [0.25, 0.3) is 33.4 Å². The van der Waals surface area contributed by atoms with Crippen LogP contribution in [0.4, 0.5) is 0 Å². The number of cyclic esters (lactones) is 1. The summed E-state index contributed by atoms with van der Waals surface area (Å²) in [5.74, 6) is -2.81. The zero-order valence-corrected chi connectivity index (χ0v) is 36.9. The molecule has 15 nitrogen and oxygen atoms in total. The lowest BCUT2D eigenvalue weighted by molar-refractivity contribution is -0.155. The molecule has 4 amide bonds. The van der Waals surface area contributed by atoms with Crippen molar-refractivity contribution in [2.24, 2.45) is 24.3 Å². The number of rotatable bonds is 8. The first-order valence-corrected chi connectivity index (χ1v) is 21.7. The van der Waals surface area contributed by atoms with Crippen LogP contribution in [-0.2, 0) is 55.1 Å². The monoisotopic (exact) mass is 848 g/mol. The molecule has 0 radical (unpaired) electrons. The van der Waals surface area contributed by atoms with Gasteiger partial charge in [0.1, 0.15) is 29.6 Å². The molecule has 15 heteroatoms. The lowest BCUT2D eigenvalue weighted by atomic mass is 9.84. The summed E-state index contributed by atoms with van der Waals surface area (Å²) in [6, 6.07) is 8.52. The SMILES string of the molecule is C=CC(=O)N1CC[C@H](C(=O)N(C)[C@H](C(=O)N[C@H]2Cc3cc(O)cc(c3)-c3ccc4c(c3)c(c(-c3cn(C)cn3)n4CC)CC(C)(C)COC(=O)[C@@H]3CCCN(N3)C2=O)C(C)C)C1. The van der Waals surface area contributed by atoms with Crippen LogP contribution in [-0.4, -0.2) is 115 Å². The Balaban J connectivity index is 1.28. The van der Waals surface area contributed by atoms with Gasteiger partial charge in [0, 0.05) is 69.2 Å². The first-order chi connectivity index (χ1) is 29.5. The molecule has 3 aliphatic rings. The number of hydrazine groups is 1. The number of likely N-dealkylation sites (tertiary alicyclic amines) is 1. The van der Waals surface area contributed by atoms with Crippen molar-refractivity contribution in [3.63, 3.8) is 0 Å². The number of esters is 1. The molecule has 5 heterocycles. The Morgan fingerprint density at radius 3 is 2.58 bits per heavy atom. The van der Waals surface area contributed by atoms with E-state index in [2.05, 4.69) is 54.8 Å². The highest BCUT2D eigenvalue weighted by atomic mass is 16.5. The number of fused-ring (bicyclic) bond motifs is 6. The number of ether oxygens (including phenoxy) is 1. The van der Waals surface area contributed by atoms with E-state index in [0.717, 1.165) is 39.0 Å². The van der Waals surface area contributed by atoms with Gasteiger partial charge >= 0.3 is 5.97 Å². The number of hydrogen-bond acceptors (Lipinski definition) is 9. The number of aromatic nitrogens is 3. The van der Waals surface area contributed by atoms with Crippen LogP contribution in [0, 0.1) is 17.3 Å². The summed E-state index contributed by atoms with van der Waals surface area (Å²) in [6.45, 7) is 15.2. The maximum Gasteiger partial charge on any atom is 0.324 e. The third-order valence-electron chi connectivity index (χ3n) is 12.5. The second kappa shape index (κ2) is 17.8. The average molecular weight is 849 g/mol. The minimum absolute atomic E-state index is 0.000707. The number of aromatic hydroxyl groups is 1. The van der Waals surface area contributed by atoms with Crippen molar-refractivity contribution >= 4 is 40.5 Å². The van der Waals surface area contributed by atoms with Crippen LogP contribution >= 0.6 is 0 Å². The van der Waals surface area contributed by atoms with E-state index in [4.69, 9.17) is 9.72 Å². The summed E-state index contributed by atoms with van der Waals surface area (Å²) in [4.78, 5) is 76.8. The van der Waals surface area contributed by atoms with E-state index in [1.165, 1.54) is 16.0 Å². The van der Waals surface area contributed by atoms with Crippen molar-refractivity contribution in [2.75, 3.05) is 33.3 Å². The van der Waals surface area contributed by atoms with Crippen LogP contribution in [0.5, 0.6) is 5.75 Å². The third-order valence-corrected chi connectivity index (χ3v) is 12.5. The van der Waals surface area contributed by atoms with Gasteiger partial charge in [0.05, 0.1) is 24.5 Å². The number of aryl methyl sites for hydroxylation is 2. The normalized spacial score (nSPS) is 21.1. The van der Waals surface area contributed by atoms with Crippen LogP contribution in [0.3, 0.4) is 0 Å². The molecule has 62 heavy (non-hydrogen) atoms. The fourth-order valence-corrected chi connectivity index (χ4v) is 9.43. The van der Waals surface area contributed by atoms with Gasteiger partial charge in [-0.1, -0.05) is 46.4 Å². The molecule has 0 saturated carbocycles. The van der Waals surface area contributed by atoms with Gasteiger partial charge < -0.3 is 34.1 Å². The Morgan fingerprint density at radius 1 is 1.11 bits per heavy atom. The number of phenols is 1. The average Bonchev–Trinajstić information content (AvgIpc) is 3.98. The Kier molecular flexibility index (Phi) is 12.7. The fourth-order valence-electron chi connectivity index (χ4n) is 9.43. The molecule has 6 bridgehead atoms. The standard InChI is InChI=1S/C47H60N8O7/c1-9-40(57)53-17-15-31(24-53)44(59)52(8)41(28(3)4)43(58)49-37-20-29-18-32(21-33(56)19-29)30-13-14-39-34(22-30)35(42(54(39)10-2)38-25-51(7)27-48-38)23-47(5,6)26-62-46(61)36-12-11-16-55(50-36)45(37)60/h9,13-14,18-19,21-22,25,27-28,31,36-37,41,50,56H,1,10-12,15-17,20,23-24,26H2,2-8H3,(H,49,58)/t31-,36-,37-,41-/m0/s1. The van der Waals surface area contributed by atoms with Crippen LogP contribution in [0.15, 0.2) is 61.6 Å². The number of carbonyl (C=O) groups is 5. The van der Waals surface area contributed by atoms with Crippen molar-refractivity contribution in [3.05, 3.63) is 72.7 Å². The molecule has 3 aliphatic heterocycles. The summed E-state index contributed by atoms with van der Waals surface area (Å²) in [5.41, 5.74) is 8.69. The molecule has 7 rings (SSSR count). The molecule has 2 fully saturated rings. The van der Waals surface area contributed by atoms with Crippen LogP contribution < -0.4 is 10.7 Å². The number of hydrogen-bond donors (Lipinski definition) is 3. The maximum absolute atomic E-state index is 14.6. The summed E-state index contributed by atoms with van der Waals surface area (Å²) in [6.07, 6.45) is 7.02. The molecular formula is C47H60N8O7. The zero-order valence-electron chi connectivity index (χ0n) is 36.9. The number of likely N-dealkylation sites (N-methyl/N-ethyl adjacent to an activating group) is 1. The predicted octanol–water partition coefficient (Wildman–Crippen LogP) is 4.60. The van der Waals surface area contributed by atoms with E-state index >= 15 is 0 Å². The van der Waals surface area contributed by atoms with Gasteiger partial charge in [0.15, 0.2) is 0 Å². The molecule has 4 aromatic rings. The van der Waals surface area contributed by atoms with Crippen LogP contribution in [0.2, 0.25) is 0 Å². The van der Waals surface area contributed by atoms with Gasteiger partial charge in [-0.3, -0.25) is 29.0 Å². The van der Waals surface area contributed by atoms with E-state index < -0.39 is 47.2 Å². The van der Waals surface area contributed by atoms with Crippen LogP contribution in [0.1, 0.15) is 65.0 Å². The molecule has 0 aliphatic carbocycles. The molecule has 4 atom stereocenters. The fraction of sp³-hybridized carbons (Fsp3) is 0.489. The molecule has 2 aromatic heterocycles. The highest BCUT2D eigenvalue weighted by Crippen LogP contribution is 2.40. The number of carbonyl (C=O) groups excluding carboxylic acids is 5. The van der Waals surface area contributed by atoms with E-state index in [9.17, 15) is 29.1 Å². The number of amides is 4. The minimum Gasteiger partial charge on any atom is -0.508 e. The number of nitrogens with zero attached hydrogens (tertiary/aromatic N) is 6. The molecule has 0 spiro atoms. The largest absolute Gasteiger partial charge is 0.508 e. The number of phenolic OH excluding ortho intramolecular Hbond substituents is 1. The number of nitrogens with one attached hydrogen (secondary N) is 2. The third kappa shape index (κ3) is 8.99. The van der Waals surface area contributed by atoms with Crippen molar-refractivity contribution < 1.29 is 33.8 Å². The van der Waals surface area contributed by atoms with Crippen molar-refractivity contribution in [3.8, 4) is 28.3 Å². The summed E-state index contributed by atoms with van der Waals surface area (Å²) < 4.78 is 10.2. The van der Waals surface area contributed by atoms with Crippen molar-refractivity contribution in [2.45, 2.75) is 91.4 Å². The molecular weight excluding hydrogens is 789 g/mol. The van der Waals surface area contributed by atoms with E-state index in [1.807, 2.05) is 43.8 Å². The summed E-state index contributed by atoms with van der Waals surface area (Å²) in [7, 11) is 3.52. The maximum atomic E-state index is 14.6. The van der Waals surface area contributed by atoms with E-state index in [0.29, 0.717) is 44.3 Å². The molecule has 330 valence electrons. The Morgan fingerprint density at radius 2 is 1.89 bits per heavy atom. The van der Waals surface area contributed by atoms with Gasteiger partial charge in [-0.05, 0) is 91.1 Å². The highest BCUT2D eigenvalue weighted by Gasteiger charge is 2.40. The van der Waals surface area contributed by atoms with Gasteiger partial charge in [0.25, 0.3) is 5.91 Å². The lowest BCUT2D eigenvalue weighted by Gasteiger charge is -2.37. The van der Waals surface area contributed by atoms with Gasteiger partial charge in [-0.25, -0.2) is 10.4 Å². The van der Waals surface area contributed by atoms with E-state index in [-0.39, 0.29) is 49.6 Å². The van der Waals surface area contributed by atoms with Gasteiger partial charge in [-0.15, -0.1) is 0 Å². The van der Waals surface area contributed by atoms with Crippen molar-refractivity contribution in [1.82, 2.24) is 39.7 Å². The number of benzene rings is 2. The second-order valence-electron chi connectivity index (χ2n) is 18.3. The highest BCUT2D eigenvalue weighted by molar-refractivity contribution is 5.96. The molecule has 0 unspecified atom stereocenters. The minimum atomic E-state index is -1.15. The summed E-state index contributed by atoms with van der Waals surface area (Å²) >= 11 is 0. The molecule has 2 aromatic carbocycles. The van der Waals surface area contributed by atoms with Gasteiger partial charge in [0.2, 0.25) is 17.7 Å². The smallest absolute Gasteiger partial charge is 0.324 e. The quantitative estimate of drug-likeness (QED) is 0.169. The predicted molar refractivity (Wildman–Crippen MR) is 235 cm³/mol. The Bertz CT molecular complexity index is 2400. The number of imidazole rings is 1. The molecule has 2 saturated heterocycles. The zero-order chi connectivity index (χ0) is 44.6. The first-order valence-electron chi connectivity index (χ1n) is 21.7. The Hall–Kier alpha value is -5.96. The first kappa shape index (κ1) is 44.1. The topological polar surface area (TPSA) is 171 Å². The van der Waals surface area contributed by atoms with Gasteiger partial charge in [-0.2, -0.15) is 0 Å². The second-order valence-corrected chi connectivity index (χ2v) is 18.3. The Labute approximate surface area is 363 Å². The van der Waals surface area contributed by atoms with E-state index in [1.54, 1.807) is 30.4 Å². The lowest BCUT2D eigenvalue weighted by Crippen LogP contribution is -2.62. The summed E-state index contributed by atoms with van der Waals surface area (Å²) in [5, 5.41) is 16.6.